The van der Waals surface area contributed by atoms with Crippen LogP contribution in [0.5, 0.6) is 0 Å². The van der Waals surface area contributed by atoms with Crippen LogP contribution in [0.4, 0.5) is 11.4 Å². The highest BCUT2D eigenvalue weighted by Crippen LogP contribution is 2.34. The first-order valence-electron chi connectivity index (χ1n) is 9.60. The quantitative estimate of drug-likeness (QED) is 0.876. The van der Waals surface area contributed by atoms with Crippen molar-refractivity contribution in [1.29, 1.82) is 0 Å². The number of benzene rings is 2. The molecule has 1 fully saturated rings. The fourth-order valence-corrected chi connectivity index (χ4v) is 4.03. The minimum atomic E-state index is -0.161. The maximum atomic E-state index is 13.0. The van der Waals surface area contributed by atoms with Crippen molar-refractivity contribution in [2.75, 3.05) is 23.8 Å². The number of aryl methyl sites for hydroxylation is 1. The molecule has 5 nitrogen and oxygen atoms in total. The highest BCUT2D eigenvalue weighted by molar-refractivity contribution is 6.08. The minimum absolute atomic E-state index is 0.0838. The van der Waals surface area contributed by atoms with Crippen LogP contribution in [-0.2, 0) is 0 Å². The molecule has 0 radical (unpaired) electrons. The van der Waals surface area contributed by atoms with Gasteiger partial charge in [0.15, 0.2) is 0 Å². The van der Waals surface area contributed by atoms with Crippen molar-refractivity contribution in [2.24, 2.45) is 0 Å². The molecule has 4 rings (SSSR count). The number of carbonyl (C=O) groups excluding carboxylic acids is 2. The molecule has 2 aromatic carbocycles. The highest BCUT2D eigenvalue weighted by atomic mass is 16.2. The maximum Gasteiger partial charge on any atom is 0.257 e. The second-order valence-corrected chi connectivity index (χ2v) is 7.49. The molecule has 0 unspecified atom stereocenters. The molecule has 0 spiro atoms. The molecule has 2 aliphatic heterocycles. The maximum absolute atomic E-state index is 13.0. The number of carbonyl (C=O) groups is 2. The first-order chi connectivity index (χ1) is 13.0. The van der Waals surface area contributed by atoms with E-state index in [1.54, 1.807) is 12.1 Å². The molecule has 27 heavy (non-hydrogen) atoms. The van der Waals surface area contributed by atoms with Crippen LogP contribution < -0.4 is 10.2 Å². The molecule has 0 aromatic heterocycles. The summed E-state index contributed by atoms with van der Waals surface area (Å²) in [6.07, 6.45) is 4.41. The van der Waals surface area contributed by atoms with Gasteiger partial charge in [0.25, 0.3) is 11.8 Å². The summed E-state index contributed by atoms with van der Waals surface area (Å²) in [5.41, 5.74) is 4.01. The number of fused-ring (bicyclic) bond motifs is 2. The van der Waals surface area contributed by atoms with Gasteiger partial charge < -0.3 is 15.1 Å². The number of nitrogens with zero attached hydrogens (tertiary/aromatic N) is 2. The molecular formula is C22H25N3O2. The largest absolute Gasteiger partial charge is 0.354 e. The van der Waals surface area contributed by atoms with E-state index < -0.39 is 0 Å². The van der Waals surface area contributed by atoms with E-state index in [4.69, 9.17) is 0 Å². The van der Waals surface area contributed by atoms with Crippen molar-refractivity contribution < 1.29 is 9.59 Å². The Bertz CT molecular complexity index is 876. The van der Waals surface area contributed by atoms with Crippen LogP contribution in [0.25, 0.3) is 0 Å². The van der Waals surface area contributed by atoms with Crippen LogP contribution in [0, 0.1) is 6.92 Å². The topological polar surface area (TPSA) is 52.7 Å². The van der Waals surface area contributed by atoms with Gasteiger partial charge in [-0.05, 0) is 56.5 Å². The van der Waals surface area contributed by atoms with Gasteiger partial charge in [-0.3, -0.25) is 9.59 Å². The first kappa shape index (κ1) is 17.6. The Morgan fingerprint density at radius 1 is 1.07 bits per heavy atom. The van der Waals surface area contributed by atoms with E-state index in [0.717, 1.165) is 49.2 Å². The van der Waals surface area contributed by atoms with Gasteiger partial charge in [0.1, 0.15) is 6.17 Å². The number of amides is 2. The van der Waals surface area contributed by atoms with E-state index >= 15 is 0 Å². The average molecular weight is 363 g/mol. The predicted molar refractivity (Wildman–Crippen MR) is 107 cm³/mol. The van der Waals surface area contributed by atoms with E-state index in [1.807, 2.05) is 49.2 Å². The van der Waals surface area contributed by atoms with Gasteiger partial charge in [-0.15, -0.1) is 0 Å². The van der Waals surface area contributed by atoms with Gasteiger partial charge in [-0.1, -0.05) is 24.1 Å². The van der Waals surface area contributed by atoms with E-state index in [0.29, 0.717) is 11.1 Å². The Hall–Kier alpha value is -2.82. The Morgan fingerprint density at radius 2 is 1.85 bits per heavy atom. The zero-order chi connectivity index (χ0) is 19.0. The van der Waals surface area contributed by atoms with E-state index in [9.17, 15) is 9.59 Å². The lowest BCUT2D eigenvalue weighted by Gasteiger charge is -2.43. The van der Waals surface area contributed by atoms with Crippen molar-refractivity contribution in [3.05, 3.63) is 59.2 Å². The summed E-state index contributed by atoms with van der Waals surface area (Å²) in [6, 6.07) is 13.1. The second kappa shape index (κ2) is 7.06. The van der Waals surface area contributed by atoms with Crippen molar-refractivity contribution in [3.63, 3.8) is 0 Å². The highest BCUT2D eigenvalue weighted by Gasteiger charge is 2.36. The third-order valence-corrected chi connectivity index (χ3v) is 5.61. The molecule has 5 heteroatoms. The minimum Gasteiger partial charge on any atom is -0.354 e. The number of hydrogen-bond acceptors (Lipinski definition) is 3. The smallest absolute Gasteiger partial charge is 0.257 e. The van der Waals surface area contributed by atoms with Crippen molar-refractivity contribution in [2.45, 2.75) is 38.8 Å². The molecule has 0 aliphatic carbocycles. The zero-order valence-electron chi connectivity index (χ0n) is 15.9. The molecule has 2 amide bonds. The Balaban J connectivity index is 1.62. The molecule has 2 heterocycles. The molecule has 0 bridgehead atoms. The summed E-state index contributed by atoms with van der Waals surface area (Å²) >= 11 is 0. The molecular weight excluding hydrogens is 338 g/mol. The summed E-state index contributed by atoms with van der Waals surface area (Å²) in [7, 11) is 2.02. The molecule has 2 aliphatic rings. The van der Waals surface area contributed by atoms with Crippen molar-refractivity contribution >= 4 is 23.2 Å². The van der Waals surface area contributed by atoms with E-state index in [1.165, 1.54) is 0 Å². The number of nitrogens with one attached hydrogen (secondary N) is 1. The molecule has 2 aromatic rings. The summed E-state index contributed by atoms with van der Waals surface area (Å²) in [4.78, 5) is 29.8. The van der Waals surface area contributed by atoms with Gasteiger partial charge >= 0.3 is 0 Å². The molecule has 0 saturated carbocycles. The average Bonchev–Trinajstić information content (AvgIpc) is 2.94. The van der Waals surface area contributed by atoms with Gasteiger partial charge in [0.05, 0.1) is 11.3 Å². The van der Waals surface area contributed by atoms with Crippen LogP contribution in [0.15, 0.2) is 42.5 Å². The molecule has 1 N–H and O–H groups in total. The van der Waals surface area contributed by atoms with E-state index in [2.05, 4.69) is 10.2 Å². The van der Waals surface area contributed by atoms with Crippen LogP contribution in [0.1, 0.15) is 52.0 Å². The van der Waals surface area contributed by atoms with Crippen LogP contribution in [0.3, 0.4) is 0 Å². The summed E-state index contributed by atoms with van der Waals surface area (Å²) in [5.74, 6) is -0.0775. The van der Waals surface area contributed by atoms with Gasteiger partial charge in [0.2, 0.25) is 0 Å². The SMILES string of the molecule is Cc1ccc(NC(=O)c2ccc3c(c2)N(C)[C@H]2CCCCCN2C3=O)cc1. The Labute approximate surface area is 160 Å². The fourth-order valence-electron chi connectivity index (χ4n) is 4.03. The van der Waals surface area contributed by atoms with Gasteiger partial charge in [-0.2, -0.15) is 0 Å². The lowest BCUT2D eigenvalue weighted by molar-refractivity contribution is 0.0661. The molecule has 1 saturated heterocycles. The Kier molecular flexibility index (Phi) is 4.60. The lowest BCUT2D eigenvalue weighted by Crippen LogP contribution is -2.53. The van der Waals surface area contributed by atoms with E-state index in [-0.39, 0.29) is 18.0 Å². The molecule has 1 atom stereocenters. The van der Waals surface area contributed by atoms with Crippen LogP contribution in [-0.4, -0.2) is 36.5 Å². The fraction of sp³-hybridized carbons (Fsp3) is 0.364. The number of anilines is 2. The predicted octanol–water partition coefficient (Wildman–Crippen LogP) is 4.04. The summed E-state index contributed by atoms with van der Waals surface area (Å²) in [6.45, 7) is 2.82. The number of hydrogen-bond donors (Lipinski definition) is 1. The van der Waals surface area contributed by atoms with Crippen molar-refractivity contribution in [1.82, 2.24) is 4.90 Å². The summed E-state index contributed by atoms with van der Waals surface area (Å²) < 4.78 is 0. The third kappa shape index (κ3) is 3.29. The normalized spacial score (nSPS) is 19.2. The standard InChI is InChI=1S/C22H25N3O2/c1-15-7-10-17(11-8-15)23-21(26)16-9-12-18-19(14-16)24(2)20-6-4-3-5-13-25(20)22(18)27/h7-12,14,20H,3-6,13H2,1-2H3,(H,23,26)/t20-/m1/s1. The van der Waals surface area contributed by atoms with Crippen LogP contribution in [0.2, 0.25) is 0 Å². The first-order valence-corrected chi connectivity index (χ1v) is 9.60. The second-order valence-electron chi connectivity index (χ2n) is 7.49. The third-order valence-electron chi connectivity index (χ3n) is 5.61. The van der Waals surface area contributed by atoms with Crippen LogP contribution >= 0.6 is 0 Å². The monoisotopic (exact) mass is 363 g/mol. The molecule has 140 valence electrons. The van der Waals surface area contributed by atoms with Gasteiger partial charge in [-0.25, -0.2) is 0 Å². The summed E-state index contributed by atoms with van der Waals surface area (Å²) in [5, 5.41) is 2.93. The Morgan fingerprint density at radius 3 is 2.63 bits per heavy atom. The lowest BCUT2D eigenvalue weighted by atomic mass is 10.0. The van der Waals surface area contributed by atoms with Crippen molar-refractivity contribution in [3.8, 4) is 0 Å². The van der Waals surface area contributed by atoms with Gasteiger partial charge in [0, 0.05) is 24.8 Å². The zero-order valence-corrected chi connectivity index (χ0v) is 15.9. The number of rotatable bonds is 2.